The average molecular weight is 288 g/mol. The summed E-state index contributed by atoms with van der Waals surface area (Å²) in [6.45, 7) is 1.67. The van der Waals surface area contributed by atoms with E-state index in [0.29, 0.717) is 19.5 Å². The zero-order valence-corrected chi connectivity index (χ0v) is 11.1. The molecule has 0 amide bonds. The Morgan fingerprint density at radius 2 is 2.06 bits per heavy atom. The Kier molecular flexibility index (Phi) is 5.42. The van der Waals surface area contributed by atoms with Crippen molar-refractivity contribution in [2.45, 2.75) is 25.6 Å². The minimum Gasteiger partial charge on any atom is -0.312 e. The SMILES string of the molecule is CCN(CCC1CS(=O)(=O)CCN1)CC(F)(F)F. The molecule has 0 aromatic carbocycles. The van der Waals surface area contributed by atoms with Gasteiger partial charge in [-0.1, -0.05) is 6.92 Å². The summed E-state index contributed by atoms with van der Waals surface area (Å²) in [6.07, 6.45) is -3.79. The van der Waals surface area contributed by atoms with Gasteiger partial charge in [-0.15, -0.1) is 0 Å². The van der Waals surface area contributed by atoms with E-state index in [1.54, 1.807) is 6.92 Å². The zero-order valence-electron chi connectivity index (χ0n) is 10.3. The molecule has 1 saturated heterocycles. The second kappa shape index (κ2) is 6.21. The van der Waals surface area contributed by atoms with Crippen LogP contribution in [0.5, 0.6) is 0 Å². The topological polar surface area (TPSA) is 49.4 Å². The molecule has 1 N–H and O–H groups in total. The van der Waals surface area contributed by atoms with Crippen molar-refractivity contribution in [2.24, 2.45) is 0 Å². The van der Waals surface area contributed by atoms with E-state index < -0.39 is 22.6 Å². The fourth-order valence-electron chi connectivity index (χ4n) is 1.99. The molecule has 0 spiro atoms. The van der Waals surface area contributed by atoms with E-state index in [9.17, 15) is 21.6 Å². The van der Waals surface area contributed by atoms with Crippen LogP contribution in [0.25, 0.3) is 0 Å². The molecule has 1 fully saturated rings. The zero-order chi connectivity index (χ0) is 13.8. The Morgan fingerprint density at radius 3 is 2.56 bits per heavy atom. The van der Waals surface area contributed by atoms with E-state index >= 15 is 0 Å². The van der Waals surface area contributed by atoms with Crippen molar-refractivity contribution < 1.29 is 21.6 Å². The molecule has 0 radical (unpaired) electrons. The van der Waals surface area contributed by atoms with Gasteiger partial charge in [-0.25, -0.2) is 8.42 Å². The van der Waals surface area contributed by atoms with Gasteiger partial charge in [0.15, 0.2) is 9.84 Å². The molecule has 0 aliphatic carbocycles. The Morgan fingerprint density at radius 1 is 1.39 bits per heavy atom. The van der Waals surface area contributed by atoms with Gasteiger partial charge in [0.05, 0.1) is 18.1 Å². The highest BCUT2D eigenvalue weighted by atomic mass is 32.2. The summed E-state index contributed by atoms with van der Waals surface area (Å²) in [5, 5.41) is 3.03. The van der Waals surface area contributed by atoms with Crippen LogP contribution in [-0.2, 0) is 9.84 Å². The van der Waals surface area contributed by atoms with Crippen LogP contribution in [0.15, 0.2) is 0 Å². The quantitative estimate of drug-likeness (QED) is 0.807. The standard InChI is InChI=1S/C10H19F3N2O2S/c1-2-15(8-10(11,12)13)5-3-9-7-18(16,17)6-4-14-9/h9,14H,2-8H2,1H3. The number of sulfone groups is 1. The van der Waals surface area contributed by atoms with E-state index in [1.807, 2.05) is 0 Å². The maximum Gasteiger partial charge on any atom is 0.401 e. The minimum absolute atomic E-state index is 0.0244. The first-order valence-corrected chi connectivity index (χ1v) is 7.77. The summed E-state index contributed by atoms with van der Waals surface area (Å²) in [5.74, 6) is 0.139. The molecule has 1 atom stereocenters. The van der Waals surface area contributed by atoms with E-state index in [2.05, 4.69) is 5.32 Å². The van der Waals surface area contributed by atoms with Crippen LogP contribution >= 0.6 is 0 Å². The maximum absolute atomic E-state index is 12.2. The molecule has 18 heavy (non-hydrogen) atoms. The predicted molar refractivity (Wildman–Crippen MR) is 63.2 cm³/mol. The van der Waals surface area contributed by atoms with Crippen LogP contribution in [0.4, 0.5) is 13.2 Å². The maximum atomic E-state index is 12.2. The highest BCUT2D eigenvalue weighted by molar-refractivity contribution is 7.91. The molecule has 4 nitrogen and oxygen atoms in total. The van der Waals surface area contributed by atoms with Crippen molar-refractivity contribution in [3.63, 3.8) is 0 Å². The smallest absolute Gasteiger partial charge is 0.312 e. The van der Waals surface area contributed by atoms with Gasteiger partial charge in [0.25, 0.3) is 0 Å². The van der Waals surface area contributed by atoms with Crippen LogP contribution in [0.1, 0.15) is 13.3 Å². The summed E-state index contributed by atoms with van der Waals surface area (Å²) in [7, 11) is -3.02. The third-order valence-electron chi connectivity index (χ3n) is 2.95. The van der Waals surface area contributed by atoms with Crippen molar-refractivity contribution in [3.05, 3.63) is 0 Å². The highest BCUT2D eigenvalue weighted by Gasteiger charge is 2.31. The first-order chi connectivity index (χ1) is 8.22. The summed E-state index contributed by atoms with van der Waals surface area (Å²) in [5.41, 5.74) is 0. The molecule has 108 valence electrons. The van der Waals surface area contributed by atoms with Crippen molar-refractivity contribution in [2.75, 3.05) is 37.7 Å². The summed E-state index contributed by atoms with van der Waals surface area (Å²) >= 11 is 0. The van der Waals surface area contributed by atoms with E-state index in [-0.39, 0.29) is 24.1 Å². The molecule has 1 heterocycles. The molecule has 1 aliphatic heterocycles. The monoisotopic (exact) mass is 288 g/mol. The number of hydrogen-bond donors (Lipinski definition) is 1. The van der Waals surface area contributed by atoms with E-state index in [4.69, 9.17) is 0 Å². The fraction of sp³-hybridized carbons (Fsp3) is 1.00. The number of nitrogens with zero attached hydrogens (tertiary/aromatic N) is 1. The second-order valence-corrected chi connectivity index (χ2v) is 6.77. The number of rotatable bonds is 5. The van der Waals surface area contributed by atoms with Crippen molar-refractivity contribution in [1.82, 2.24) is 10.2 Å². The Bertz CT molecular complexity index is 357. The molecule has 0 bridgehead atoms. The van der Waals surface area contributed by atoms with Crippen LogP contribution < -0.4 is 5.32 Å². The molecular weight excluding hydrogens is 269 g/mol. The fourth-order valence-corrected chi connectivity index (χ4v) is 3.49. The summed E-state index contributed by atoms with van der Waals surface area (Å²) < 4.78 is 59.4. The van der Waals surface area contributed by atoms with Crippen LogP contribution in [0, 0.1) is 0 Å². The van der Waals surface area contributed by atoms with Gasteiger partial charge in [-0.3, -0.25) is 4.90 Å². The predicted octanol–water partition coefficient (Wildman–Crippen LogP) is 0.647. The van der Waals surface area contributed by atoms with E-state index in [0.717, 1.165) is 0 Å². The highest BCUT2D eigenvalue weighted by Crippen LogP contribution is 2.17. The van der Waals surface area contributed by atoms with Crippen molar-refractivity contribution >= 4 is 9.84 Å². The number of hydrogen-bond acceptors (Lipinski definition) is 4. The molecule has 0 aromatic heterocycles. The molecule has 8 heteroatoms. The van der Waals surface area contributed by atoms with Gasteiger partial charge in [-0.05, 0) is 19.5 Å². The average Bonchev–Trinajstić information content (AvgIpc) is 2.21. The van der Waals surface area contributed by atoms with Crippen LogP contribution in [0.3, 0.4) is 0 Å². The molecule has 0 saturated carbocycles. The first-order valence-electron chi connectivity index (χ1n) is 5.95. The lowest BCUT2D eigenvalue weighted by Crippen LogP contribution is -2.47. The Labute approximate surface area is 105 Å². The molecule has 1 rings (SSSR count). The molecular formula is C10H19F3N2O2S. The lowest BCUT2D eigenvalue weighted by atomic mass is 10.2. The molecule has 1 aliphatic rings. The van der Waals surface area contributed by atoms with Gasteiger partial charge in [0.2, 0.25) is 0 Å². The van der Waals surface area contributed by atoms with Crippen LogP contribution in [-0.4, -0.2) is 63.2 Å². The van der Waals surface area contributed by atoms with Gasteiger partial charge < -0.3 is 5.32 Å². The van der Waals surface area contributed by atoms with Gasteiger partial charge in [-0.2, -0.15) is 13.2 Å². The Balaban J connectivity index is 2.39. The normalized spacial score (nSPS) is 24.4. The minimum atomic E-state index is -4.21. The van der Waals surface area contributed by atoms with Crippen molar-refractivity contribution in [3.8, 4) is 0 Å². The second-order valence-electron chi connectivity index (χ2n) is 4.54. The third-order valence-corrected chi connectivity index (χ3v) is 4.68. The lowest BCUT2D eigenvalue weighted by molar-refractivity contribution is -0.145. The number of halogens is 3. The van der Waals surface area contributed by atoms with Gasteiger partial charge >= 0.3 is 6.18 Å². The third kappa shape index (κ3) is 6.01. The van der Waals surface area contributed by atoms with Crippen LogP contribution in [0.2, 0.25) is 0 Å². The number of nitrogens with one attached hydrogen (secondary N) is 1. The van der Waals surface area contributed by atoms with Gasteiger partial charge in [0, 0.05) is 12.6 Å². The first kappa shape index (κ1) is 15.7. The summed E-state index contributed by atoms with van der Waals surface area (Å²) in [4.78, 5) is 1.28. The molecule has 1 unspecified atom stereocenters. The van der Waals surface area contributed by atoms with E-state index in [1.165, 1.54) is 4.90 Å². The Hall–Kier alpha value is -0.340. The largest absolute Gasteiger partial charge is 0.401 e. The van der Waals surface area contributed by atoms with Crippen molar-refractivity contribution in [1.29, 1.82) is 0 Å². The molecule has 0 aromatic rings. The lowest BCUT2D eigenvalue weighted by Gasteiger charge is -2.27. The number of alkyl halides is 3. The van der Waals surface area contributed by atoms with Gasteiger partial charge in [0.1, 0.15) is 0 Å². The summed E-state index contributed by atoms with van der Waals surface area (Å²) in [6, 6.07) is -0.231.